The number of amides is 2. The van der Waals surface area contributed by atoms with E-state index in [0.717, 1.165) is 17.1 Å². The third-order valence-electron chi connectivity index (χ3n) is 3.85. The number of nitrogens with zero attached hydrogens (tertiary/aromatic N) is 1. The molecule has 0 bridgehead atoms. The molecule has 5 nitrogen and oxygen atoms in total. The fourth-order valence-corrected chi connectivity index (χ4v) is 3.59. The predicted octanol–water partition coefficient (Wildman–Crippen LogP) is 3.73. The quantitative estimate of drug-likeness (QED) is 0.459. The van der Waals surface area contributed by atoms with Gasteiger partial charge in [0.1, 0.15) is 5.75 Å². The van der Waals surface area contributed by atoms with Crippen LogP contribution in [0.1, 0.15) is 39.7 Å². The van der Waals surface area contributed by atoms with Crippen LogP contribution in [0.15, 0.2) is 29.2 Å². The molecule has 1 aromatic rings. The lowest BCUT2D eigenvalue weighted by Gasteiger charge is -2.15. The van der Waals surface area contributed by atoms with Crippen LogP contribution in [0.3, 0.4) is 0 Å². The fraction of sp³-hybridized carbons (Fsp3) is 0.500. The highest BCUT2D eigenvalue weighted by molar-refractivity contribution is 8.04. The van der Waals surface area contributed by atoms with Gasteiger partial charge in [-0.05, 0) is 50.6 Å². The Labute approximate surface area is 159 Å². The Hall–Kier alpha value is -1.79. The minimum Gasteiger partial charge on any atom is -0.494 e. The maximum atomic E-state index is 12.9. The van der Waals surface area contributed by atoms with E-state index in [1.807, 2.05) is 52.0 Å². The van der Waals surface area contributed by atoms with Crippen LogP contribution in [0.25, 0.3) is 5.57 Å². The first-order chi connectivity index (χ1) is 12.5. The SMILES string of the molecule is CCOc1ccc(C2=C(SCC)C(=O)N(CCCOC(C)C)C2=O)cc1. The molecular weight excluding hydrogens is 350 g/mol. The van der Waals surface area contributed by atoms with Gasteiger partial charge < -0.3 is 9.47 Å². The van der Waals surface area contributed by atoms with Crippen molar-refractivity contribution in [2.45, 2.75) is 40.2 Å². The first-order valence-electron chi connectivity index (χ1n) is 9.07. The van der Waals surface area contributed by atoms with Gasteiger partial charge in [-0.25, -0.2) is 0 Å². The Balaban J connectivity index is 2.18. The zero-order chi connectivity index (χ0) is 19.1. The average Bonchev–Trinajstić information content (AvgIpc) is 2.84. The lowest BCUT2D eigenvalue weighted by atomic mass is 10.1. The van der Waals surface area contributed by atoms with Crippen molar-refractivity contribution < 1.29 is 19.1 Å². The second-order valence-corrected chi connectivity index (χ2v) is 7.40. The van der Waals surface area contributed by atoms with Gasteiger partial charge in [0.2, 0.25) is 0 Å². The molecule has 0 spiro atoms. The van der Waals surface area contributed by atoms with Crippen LogP contribution in [-0.2, 0) is 14.3 Å². The third-order valence-corrected chi connectivity index (χ3v) is 4.80. The third kappa shape index (κ3) is 4.89. The Kier molecular flexibility index (Phi) is 7.72. The molecule has 0 N–H and O–H groups in total. The number of hydrogen-bond donors (Lipinski definition) is 0. The van der Waals surface area contributed by atoms with Crippen molar-refractivity contribution in [1.82, 2.24) is 4.90 Å². The summed E-state index contributed by atoms with van der Waals surface area (Å²) in [6.07, 6.45) is 0.778. The molecule has 0 radical (unpaired) electrons. The second-order valence-electron chi connectivity index (χ2n) is 6.13. The van der Waals surface area contributed by atoms with Crippen molar-refractivity contribution in [1.29, 1.82) is 0 Å². The smallest absolute Gasteiger partial charge is 0.267 e. The molecule has 6 heteroatoms. The largest absolute Gasteiger partial charge is 0.494 e. The van der Waals surface area contributed by atoms with Gasteiger partial charge in [0, 0.05) is 13.2 Å². The van der Waals surface area contributed by atoms with Crippen LogP contribution in [0.2, 0.25) is 0 Å². The zero-order valence-corrected chi connectivity index (χ0v) is 16.7. The van der Waals surface area contributed by atoms with Crippen LogP contribution in [0.5, 0.6) is 5.75 Å². The van der Waals surface area contributed by atoms with Gasteiger partial charge in [0.25, 0.3) is 11.8 Å². The van der Waals surface area contributed by atoms with E-state index >= 15 is 0 Å². The molecule has 0 saturated carbocycles. The summed E-state index contributed by atoms with van der Waals surface area (Å²) in [5.74, 6) is 1.06. The predicted molar refractivity (Wildman–Crippen MR) is 105 cm³/mol. The highest BCUT2D eigenvalue weighted by Crippen LogP contribution is 2.36. The first-order valence-corrected chi connectivity index (χ1v) is 10.1. The molecule has 142 valence electrons. The van der Waals surface area contributed by atoms with Crippen molar-refractivity contribution >= 4 is 29.1 Å². The number of hydrogen-bond acceptors (Lipinski definition) is 5. The number of imide groups is 1. The Morgan fingerprint density at radius 3 is 2.35 bits per heavy atom. The topological polar surface area (TPSA) is 55.8 Å². The molecule has 1 aromatic carbocycles. The maximum Gasteiger partial charge on any atom is 0.267 e. The van der Waals surface area contributed by atoms with Gasteiger partial charge in [0.15, 0.2) is 0 Å². The summed E-state index contributed by atoms with van der Waals surface area (Å²) in [4.78, 5) is 27.5. The van der Waals surface area contributed by atoms with Gasteiger partial charge in [0.05, 0.1) is 23.2 Å². The minimum atomic E-state index is -0.223. The number of carbonyl (C=O) groups is 2. The molecule has 0 unspecified atom stereocenters. The normalized spacial score (nSPS) is 14.7. The average molecular weight is 378 g/mol. The van der Waals surface area contributed by atoms with Crippen LogP contribution in [-0.4, -0.2) is 48.3 Å². The highest BCUT2D eigenvalue weighted by atomic mass is 32.2. The lowest BCUT2D eigenvalue weighted by Crippen LogP contribution is -2.33. The van der Waals surface area contributed by atoms with Crippen LogP contribution >= 0.6 is 11.8 Å². The molecule has 1 aliphatic heterocycles. The van der Waals surface area contributed by atoms with E-state index in [2.05, 4.69) is 0 Å². The van der Waals surface area contributed by atoms with Crippen LogP contribution in [0.4, 0.5) is 0 Å². The van der Waals surface area contributed by atoms with E-state index in [1.54, 1.807) is 0 Å². The zero-order valence-electron chi connectivity index (χ0n) is 15.9. The fourth-order valence-electron chi connectivity index (χ4n) is 2.72. The summed E-state index contributed by atoms with van der Waals surface area (Å²) in [5.41, 5.74) is 1.25. The van der Waals surface area contributed by atoms with Crippen molar-refractivity contribution in [3.05, 3.63) is 34.7 Å². The Morgan fingerprint density at radius 2 is 1.77 bits per heavy atom. The lowest BCUT2D eigenvalue weighted by molar-refractivity contribution is -0.136. The summed E-state index contributed by atoms with van der Waals surface area (Å²) < 4.78 is 11.0. The van der Waals surface area contributed by atoms with Crippen molar-refractivity contribution in [2.24, 2.45) is 0 Å². The van der Waals surface area contributed by atoms with Gasteiger partial charge in [-0.2, -0.15) is 0 Å². The number of benzene rings is 1. The maximum absolute atomic E-state index is 12.9. The highest BCUT2D eigenvalue weighted by Gasteiger charge is 2.38. The van der Waals surface area contributed by atoms with Gasteiger partial charge in [-0.1, -0.05) is 19.1 Å². The molecule has 0 aromatic heterocycles. The monoisotopic (exact) mass is 377 g/mol. The molecular formula is C20H27NO4S. The number of rotatable bonds is 10. The van der Waals surface area contributed by atoms with Crippen LogP contribution < -0.4 is 4.74 Å². The molecule has 0 fully saturated rings. The van der Waals surface area contributed by atoms with E-state index < -0.39 is 0 Å². The van der Waals surface area contributed by atoms with Gasteiger partial charge >= 0.3 is 0 Å². The molecule has 0 saturated heterocycles. The molecule has 26 heavy (non-hydrogen) atoms. The first kappa shape index (κ1) is 20.5. The van der Waals surface area contributed by atoms with Gasteiger partial charge in [-0.3, -0.25) is 14.5 Å². The summed E-state index contributed by atoms with van der Waals surface area (Å²) >= 11 is 1.42. The molecule has 2 rings (SSSR count). The number of thioether (sulfide) groups is 1. The van der Waals surface area contributed by atoms with Crippen molar-refractivity contribution in [3.8, 4) is 5.75 Å². The van der Waals surface area contributed by atoms with E-state index in [0.29, 0.717) is 36.7 Å². The molecule has 2 amide bonds. The Morgan fingerprint density at radius 1 is 1.08 bits per heavy atom. The second kappa shape index (κ2) is 9.78. The summed E-state index contributed by atoms with van der Waals surface area (Å²) in [7, 11) is 0. The molecule has 1 aliphatic rings. The summed E-state index contributed by atoms with van der Waals surface area (Å²) in [6.45, 7) is 9.32. The van der Waals surface area contributed by atoms with Crippen molar-refractivity contribution in [3.63, 3.8) is 0 Å². The van der Waals surface area contributed by atoms with Crippen LogP contribution in [0, 0.1) is 0 Å². The number of ether oxygens (including phenoxy) is 2. The summed E-state index contributed by atoms with van der Waals surface area (Å²) in [6, 6.07) is 7.34. The summed E-state index contributed by atoms with van der Waals surface area (Å²) in [5, 5.41) is 0. The molecule has 0 atom stereocenters. The minimum absolute atomic E-state index is 0.142. The van der Waals surface area contributed by atoms with E-state index in [-0.39, 0.29) is 17.9 Å². The van der Waals surface area contributed by atoms with E-state index in [9.17, 15) is 9.59 Å². The van der Waals surface area contributed by atoms with E-state index in [4.69, 9.17) is 9.47 Å². The van der Waals surface area contributed by atoms with E-state index in [1.165, 1.54) is 16.7 Å². The van der Waals surface area contributed by atoms with Gasteiger partial charge in [-0.15, -0.1) is 11.8 Å². The molecule has 1 heterocycles. The Bertz CT molecular complexity index is 667. The van der Waals surface area contributed by atoms with Crippen molar-refractivity contribution in [2.75, 3.05) is 25.5 Å². The number of carbonyl (C=O) groups excluding carboxylic acids is 2. The standard InChI is InChI=1S/C20H27NO4S/c1-5-24-16-10-8-15(9-11-16)17-18(26-6-2)20(23)21(19(17)22)12-7-13-25-14(3)4/h8-11,14H,5-7,12-13H2,1-4H3. The molecule has 0 aliphatic carbocycles.